The van der Waals surface area contributed by atoms with Crippen LogP contribution in [0.5, 0.6) is 0 Å². The number of aryl methyl sites for hydroxylation is 1. The topological polar surface area (TPSA) is 96.6 Å². The highest BCUT2D eigenvalue weighted by atomic mass is 19.4. The molecule has 9 nitrogen and oxygen atoms in total. The largest absolute Gasteiger partial charge is 0.490 e. The number of nitrogens with zero attached hydrogens (tertiary/aromatic N) is 4. The van der Waals surface area contributed by atoms with Crippen LogP contribution >= 0.6 is 0 Å². The Labute approximate surface area is 217 Å². The van der Waals surface area contributed by atoms with Crippen molar-refractivity contribution in [2.75, 3.05) is 50.9 Å². The van der Waals surface area contributed by atoms with Crippen molar-refractivity contribution in [2.45, 2.75) is 25.6 Å². The van der Waals surface area contributed by atoms with E-state index in [4.69, 9.17) is 24.4 Å². The number of aromatic nitrogens is 2. The number of pyridine rings is 1. The van der Waals surface area contributed by atoms with E-state index in [1.54, 1.807) is 0 Å². The second kappa shape index (κ2) is 11.8. The quantitative estimate of drug-likeness (QED) is 0.549. The molecule has 1 N–H and O–H groups in total. The summed E-state index contributed by atoms with van der Waals surface area (Å²) < 4.78 is 45.4. The van der Waals surface area contributed by atoms with Crippen molar-refractivity contribution < 1.29 is 37.3 Å². The maximum absolute atomic E-state index is 13.0. The summed E-state index contributed by atoms with van der Waals surface area (Å²) >= 11 is 0. The molecule has 0 spiro atoms. The Kier molecular flexibility index (Phi) is 8.52. The van der Waals surface area contributed by atoms with E-state index in [-0.39, 0.29) is 12.0 Å². The molecule has 0 aliphatic carbocycles. The normalized spacial score (nSPS) is 18.2. The summed E-state index contributed by atoms with van der Waals surface area (Å²) in [5.74, 6) is -1.50. The van der Waals surface area contributed by atoms with E-state index in [2.05, 4.69) is 21.6 Å². The zero-order valence-corrected chi connectivity index (χ0v) is 20.9. The summed E-state index contributed by atoms with van der Waals surface area (Å²) in [6, 6.07) is 14.2. The molecular weight excluding hydrogens is 505 g/mol. The zero-order chi connectivity index (χ0) is 27.3. The lowest BCUT2D eigenvalue weighted by atomic mass is 10.0. The van der Waals surface area contributed by atoms with Crippen molar-refractivity contribution in [1.82, 2.24) is 14.3 Å². The molecule has 2 saturated heterocycles. The number of carbonyl (C=O) groups excluding carboxylic acids is 1. The molecule has 1 amide bonds. The Balaban J connectivity index is 0.000000426. The van der Waals surface area contributed by atoms with Gasteiger partial charge in [0.1, 0.15) is 17.6 Å². The lowest BCUT2D eigenvalue weighted by Gasteiger charge is -2.32. The number of benzene rings is 1. The van der Waals surface area contributed by atoms with E-state index in [0.29, 0.717) is 26.1 Å². The molecule has 1 atom stereocenters. The molecule has 2 aromatic heterocycles. The average Bonchev–Trinajstić information content (AvgIpc) is 3.35. The first kappa shape index (κ1) is 27.4. The third-order valence-corrected chi connectivity index (χ3v) is 6.42. The van der Waals surface area contributed by atoms with Gasteiger partial charge in [-0.25, -0.2) is 9.78 Å². The lowest BCUT2D eigenvalue weighted by molar-refractivity contribution is -0.192. The van der Waals surface area contributed by atoms with Gasteiger partial charge in [-0.05, 0) is 30.2 Å². The van der Waals surface area contributed by atoms with Crippen molar-refractivity contribution in [3.63, 3.8) is 0 Å². The van der Waals surface area contributed by atoms with Crippen LogP contribution in [0.3, 0.4) is 0 Å². The van der Waals surface area contributed by atoms with Gasteiger partial charge in [0.2, 0.25) is 5.91 Å². The van der Waals surface area contributed by atoms with E-state index < -0.39 is 12.1 Å². The van der Waals surface area contributed by atoms with E-state index in [0.717, 1.165) is 54.6 Å². The molecule has 2 aliphatic rings. The highest BCUT2D eigenvalue weighted by Crippen LogP contribution is 2.26. The fourth-order valence-corrected chi connectivity index (χ4v) is 4.36. The Hall–Kier alpha value is -3.64. The molecular formula is C26H29F3N4O5. The van der Waals surface area contributed by atoms with Crippen molar-refractivity contribution >= 4 is 23.3 Å². The third-order valence-electron chi connectivity index (χ3n) is 6.42. The number of rotatable bonds is 4. The highest BCUT2D eigenvalue weighted by Gasteiger charge is 2.38. The smallest absolute Gasteiger partial charge is 0.475 e. The predicted octanol–water partition coefficient (Wildman–Crippen LogP) is 3.26. The summed E-state index contributed by atoms with van der Waals surface area (Å²) in [4.78, 5) is 30.9. The van der Waals surface area contributed by atoms with Gasteiger partial charge >= 0.3 is 12.1 Å². The number of carboxylic acid groups (broad SMARTS) is 1. The molecule has 2 aliphatic heterocycles. The lowest BCUT2D eigenvalue weighted by Crippen LogP contribution is -2.43. The molecule has 0 bridgehead atoms. The van der Waals surface area contributed by atoms with Gasteiger partial charge in [0.25, 0.3) is 0 Å². The molecule has 1 unspecified atom stereocenters. The number of fused-ring (bicyclic) bond motifs is 1. The van der Waals surface area contributed by atoms with Gasteiger partial charge in [-0.3, -0.25) is 9.20 Å². The second-order valence-corrected chi connectivity index (χ2v) is 8.98. The number of carbonyl (C=O) groups is 2. The number of morpholine rings is 2. The van der Waals surface area contributed by atoms with Crippen LogP contribution in [0.25, 0.3) is 5.65 Å². The second-order valence-electron chi connectivity index (χ2n) is 8.98. The highest BCUT2D eigenvalue weighted by molar-refractivity contribution is 5.79. The standard InChI is InChI=1S/C24H28N4O3.C2HF3O2/c1-18-5-2-3-6-19(18)15-24(29)27-11-14-31-21(17-27)20-16-28-22(25-20)7-4-8-23(28)26-9-12-30-13-10-26;3-2(4,5)1(6)7/h2-8,16,21H,9-15,17H2,1H3;(H,6,7). The number of alkyl halides is 3. The van der Waals surface area contributed by atoms with E-state index in [9.17, 15) is 18.0 Å². The van der Waals surface area contributed by atoms with Crippen LogP contribution in [0, 0.1) is 6.92 Å². The monoisotopic (exact) mass is 534 g/mol. The number of carboxylic acids is 1. The molecule has 38 heavy (non-hydrogen) atoms. The summed E-state index contributed by atoms with van der Waals surface area (Å²) in [5.41, 5.74) is 4.00. The minimum absolute atomic E-state index is 0.139. The van der Waals surface area contributed by atoms with Gasteiger partial charge in [0, 0.05) is 25.8 Å². The number of anilines is 1. The van der Waals surface area contributed by atoms with E-state index in [1.165, 1.54) is 0 Å². The molecule has 12 heteroatoms. The minimum Gasteiger partial charge on any atom is -0.475 e. The van der Waals surface area contributed by atoms with Crippen molar-refractivity contribution in [1.29, 1.82) is 0 Å². The van der Waals surface area contributed by atoms with Gasteiger partial charge in [0.15, 0.2) is 0 Å². The molecule has 5 rings (SSSR count). The van der Waals surface area contributed by atoms with Crippen LogP contribution in [-0.4, -0.2) is 83.4 Å². The number of imidazole rings is 1. The molecule has 4 heterocycles. The predicted molar refractivity (Wildman–Crippen MR) is 132 cm³/mol. The number of aliphatic carboxylic acids is 1. The summed E-state index contributed by atoms with van der Waals surface area (Å²) in [5, 5.41) is 7.12. The maximum atomic E-state index is 13.0. The third kappa shape index (κ3) is 6.62. The van der Waals surface area contributed by atoms with Gasteiger partial charge in [-0.15, -0.1) is 0 Å². The van der Waals surface area contributed by atoms with Crippen molar-refractivity contribution in [3.05, 3.63) is 65.5 Å². The molecule has 3 aromatic rings. The first-order valence-corrected chi connectivity index (χ1v) is 12.2. The number of hydrogen-bond donors (Lipinski definition) is 1. The average molecular weight is 535 g/mol. The molecule has 2 fully saturated rings. The SMILES string of the molecule is Cc1ccccc1CC(=O)N1CCOC(c2cn3c(N4CCOCC4)cccc3n2)C1.O=C(O)C(F)(F)F. The van der Waals surface area contributed by atoms with Gasteiger partial charge < -0.3 is 24.4 Å². The van der Waals surface area contributed by atoms with Crippen LogP contribution in [0.4, 0.5) is 19.0 Å². The summed E-state index contributed by atoms with van der Waals surface area (Å²) in [7, 11) is 0. The van der Waals surface area contributed by atoms with E-state index in [1.807, 2.05) is 48.2 Å². The molecule has 1 aromatic carbocycles. The van der Waals surface area contributed by atoms with Crippen LogP contribution in [0.1, 0.15) is 22.9 Å². The van der Waals surface area contributed by atoms with Crippen LogP contribution in [0.2, 0.25) is 0 Å². The molecule has 204 valence electrons. The van der Waals surface area contributed by atoms with Crippen molar-refractivity contribution in [2.24, 2.45) is 0 Å². The first-order chi connectivity index (χ1) is 18.1. The molecule has 0 radical (unpaired) electrons. The van der Waals surface area contributed by atoms with E-state index >= 15 is 0 Å². The summed E-state index contributed by atoms with van der Waals surface area (Å²) in [6.07, 6.45) is -2.82. The Morgan fingerprint density at radius 1 is 1.05 bits per heavy atom. The first-order valence-electron chi connectivity index (χ1n) is 12.2. The molecule has 0 saturated carbocycles. The number of ether oxygens (including phenoxy) is 2. The number of amides is 1. The summed E-state index contributed by atoms with van der Waals surface area (Å²) in [6.45, 7) is 6.93. The fourth-order valence-electron chi connectivity index (χ4n) is 4.36. The Morgan fingerprint density at radius 2 is 1.76 bits per heavy atom. The maximum Gasteiger partial charge on any atom is 0.490 e. The number of halogens is 3. The van der Waals surface area contributed by atoms with Crippen LogP contribution < -0.4 is 4.90 Å². The number of hydrogen-bond acceptors (Lipinski definition) is 6. The minimum atomic E-state index is -5.08. The van der Waals surface area contributed by atoms with Crippen LogP contribution in [0.15, 0.2) is 48.7 Å². The van der Waals surface area contributed by atoms with Crippen molar-refractivity contribution in [3.8, 4) is 0 Å². The fraction of sp³-hybridized carbons (Fsp3) is 0.423. The van der Waals surface area contributed by atoms with Crippen LogP contribution in [-0.2, 0) is 25.5 Å². The van der Waals surface area contributed by atoms with Gasteiger partial charge in [0.05, 0.1) is 38.5 Å². The Bertz CT molecular complexity index is 1270. The van der Waals surface area contributed by atoms with Gasteiger partial charge in [-0.2, -0.15) is 13.2 Å². The zero-order valence-electron chi connectivity index (χ0n) is 20.9. The van der Waals surface area contributed by atoms with Gasteiger partial charge in [-0.1, -0.05) is 30.3 Å². The Morgan fingerprint density at radius 3 is 2.45 bits per heavy atom.